The van der Waals surface area contributed by atoms with Gasteiger partial charge in [0, 0.05) is 22.2 Å². The highest BCUT2D eigenvalue weighted by atomic mass is 16.5. The van der Waals surface area contributed by atoms with Crippen LogP contribution in [0.1, 0.15) is 11.1 Å². The summed E-state index contributed by atoms with van der Waals surface area (Å²) < 4.78 is 13.9. The average Bonchev–Trinajstić information content (AvgIpc) is 3.02. The molecule has 0 amide bonds. The molecule has 0 saturated heterocycles. The minimum absolute atomic E-state index is 0.0240. The van der Waals surface area contributed by atoms with Gasteiger partial charge in [0.1, 0.15) is 23.0 Å². The monoisotopic (exact) mass is 526 g/mol. The SMILES string of the molecule is Cc1ccccc1-c1cccc2c1Oc1ccc(-c3ccccc3C)c3c1B2c1cccc(-c2ccccc2)c1O3. The maximum absolute atomic E-state index is 7.02. The molecule has 0 saturated carbocycles. The normalized spacial score (nSPS) is 12.5. The summed E-state index contributed by atoms with van der Waals surface area (Å²) >= 11 is 0. The van der Waals surface area contributed by atoms with Crippen LogP contribution in [0.2, 0.25) is 0 Å². The van der Waals surface area contributed by atoms with E-state index in [-0.39, 0.29) is 6.71 Å². The van der Waals surface area contributed by atoms with Gasteiger partial charge in [0.2, 0.25) is 0 Å². The summed E-state index contributed by atoms with van der Waals surface area (Å²) in [6, 6.07) is 45.0. The van der Waals surface area contributed by atoms with Crippen LogP contribution in [-0.2, 0) is 0 Å². The number of hydrogen-bond acceptors (Lipinski definition) is 2. The maximum atomic E-state index is 7.02. The Morgan fingerprint density at radius 1 is 0.415 bits per heavy atom. The summed E-state index contributed by atoms with van der Waals surface area (Å²) in [7, 11) is 0. The van der Waals surface area contributed by atoms with Gasteiger partial charge in [-0.2, -0.15) is 0 Å². The lowest BCUT2D eigenvalue weighted by molar-refractivity contribution is 0.467. The number of ether oxygens (including phenoxy) is 2. The van der Waals surface area contributed by atoms with E-state index in [4.69, 9.17) is 9.47 Å². The third kappa shape index (κ3) is 3.66. The van der Waals surface area contributed by atoms with Gasteiger partial charge in [-0.1, -0.05) is 115 Å². The zero-order valence-electron chi connectivity index (χ0n) is 23.0. The zero-order chi connectivity index (χ0) is 27.5. The molecule has 8 rings (SSSR count). The number of benzene rings is 6. The second-order valence-corrected chi connectivity index (χ2v) is 10.9. The van der Waals surface area contributed by atoms with E-state index in [1.807, 2.05) is 0 Å². The second kappa shape index (κ2) is 9.28. The number of aryl methyl sites for hydroxylation is 2. The van der Waals surface area contributed by atoms with E-state index in [2.05, 4.69) is 141 Å². The van der Waals surface area contributed by atoms with Crippen molar-refractivity contribution in [3.8, 4) is 56.4 Å². The lowest BCUT2D eigenvalue weighted by Gasteiger charge is -2.35. The molecule has 41 heavy (non-hydrogen) atoms. The van der Waals surface area contributed by atoms with Crippen molar-refractivity contribution in [1.29, 1.82) is 0 Å². The highest BCUT2D eigenvalue weighted by Crippen LogP contribution is 2.45. The summed E-state index contributed by atoms with van der Waals surface area (Å²) in [5, 5.41) is 0. The van der Waals surface area contributed by atoms with E-state index >= 15 is 0 Å². The van der Waals surface area contributed by atoms with Crippen molar-refractivity contribution in [3.05, 3.63) is 139 Å². The minimum Gasteiger partial charge on any atom is -0.458 e. The first kappa shape index (κ1) is 23.8. The number of para-hydroxylation sites is 2. The maximum Gasteiger partial charge on any atom is 0.260 e. The summed E-state index contributed by atoms with van der Waals surface area (Å²) in [6.07, 6.45) is 0. The Morgan fingerprint density at radius 2 is 0.951 bits per heavy atom. The van der Waals surface area contributed by atoms with E-state index in [0.29, 0.717) is 0 Å². The fraction of sp³-hybridized carbons (Fsp3) is 0.0526. The smallest absolute Gasteiger partial charge is 0.260 e. The minimum atomic E-state index is -0.0240. The lowest BCUT2D eigenvalue weighted by Crippen LogP contribution is -2.57. The van der Waals surface area contributed by atoms with Crippen LogP contribution in [0.4, 0.5) is 0 Å². The molecule has 0 fully saturated rings. The topological polar surface area (TPSA) is 18.5 Å². The molecule has 6 aromatic carbocycles. The molecule has 2 aliphatic rings. The van der Waals surface area contributed by atoms with E-state index < -0.39 is 0 Å². The third-order valence-electron chi connectivity index (χ3n) is 8.53. The van der Waals surface area contributed by atoms with Crippen LogP contribution >= 0.6 is 0 Å². The summed E-state index contributed by atoms with van der Waals surface area (Å²) in [6.45, 7) is 4.29. The number of hydrogen-bond donors (Lipinski definition) is 0. The molecule has 2 heterocycles. The molecule has 194 valence electrons. The Labute approximate surface area is 240 Å². The molecule has 0 unspecified atom stereocenters. The molecule has 0 radical (unpaired) electrons. The zero-order valence-corrected chi connectivity index (χ0v) is 23.0. The molecule has 0 N–H and O–H groups in total. The first-order chi connectivity index (χ1) is 20.2. The molecule has 3 heteroatoms. The van der Waals surface area contributed by atoms with Crippen LogP contribution in [-0.4, -0.2) is 6.71 Å². The standard InChI is InChI=1S/C38H27BO2/c1-24-12-6-8-16-27(24)30-19-11-21-33-37(30)40-34-23-22-31(28-17-9-7-13-25(28)2)38-35(34)39(33)32-20-10-18-29(36(32)41-38)26-14-4-3-5-15-26/h3-23H,1-2H3. The Hall–Kier alpha value is -5.02. The van der Waals surface area contributed by atoms with E-state index in [1.165, 1.54) is 22.3 Å². The van der Waals surface area contributed by atoms with Gasteiger partial charge in [0.15, 0.2) is 0 Å². The third-order valence-corrected chi connectivity index (χ3v) is 8.53. The van der Waals surface area contributed by atoms with Crippen molar-refractivity contribution in [3.63, 3.8) is 0 Å². The van der Waals surface area contributed by atoms with Crippen molar-refractivity contribution in [2.75, 3.05) is 0 Å². The van der Waals surface area contributed by atoms with Gasteiger partial charge in [-0.25, -0.2) is 0 Å². The van der Waals surface area contributed by atoms with E-state index in [1.54, 1.807) is 0 Å². The van der Waals surface area contributed by atoms with Crippen LogP contribution in [0.3, 0.4) is 0 Å². The predicted octanol–water partition coefficient (Wildman–Crippen LogP) is 8.03. The van der Waals surface area contributed by atoms with Crippen molar-refractivity contribution in [2.45, 2.75) is 13.8 Å². The molecule has 0 atom stereocenters. The summed E-state index contributed by atoms with van der Waals surface area (Å²) in [5.41, 5.74) is 12.7. The number of rotatable bonds is 3. The highest BCUT2D eigenvalue weighted by molar-refractivity contribution is 6.98. The van der Waals surface area contributed by atoms with Crippen LogP contribution in [0, 0.1) is 13.8 Å². The first-order valence-electron chi connectivity index (χ1n) is 14.1. The van der Waals surface area contributed by atoms with Gasteiger partial charge in [-0.05, 0) is 64.7 Å². The molecule has 6 aromatic rings. The van der Waals surface area contributed by atoms with Crippen molar-refractivity contribution in [2.24, 2.45) is 0 Å². The lowest BCUT2D eigenvalue weighted by atomic mass is 9.34. The van der Waals surface area contributed by atoms with Crippen LogP contribution in [0.15, 0.2) is 127 Å². The molecule has 2 aliphatic heterocycles. The fourth-order valence-electron chi connectivity index (χ4n) is 6.56. The van der Waals surface area contributed by atoms with Gasteiger partial charge in [0.25, 0.3) is 6.71 Å². The van der Waals surface area contributed by atoms with Gasteiger partial charge in [0.05, 0.1) is 0 Å². The predicted molar refractivity (Wildman–Crippen MR) is 170 cm³/mol. The summed E-state index contributed by atoms with van der Waals surface area (Å²) in [4.78, 5) is 0. The van der Waals surface area contributed by atoms with Crippen molar-refractivity contribution >= 4 is 23.1 Å². The molecule has 0 aromatic heterocycles. The largest absolute Gasteiger partial charge is 0.458 e. The molecule has 0 bridgehead atoms. The van der Waals surface area contributed by atoms with Gasteiger partial charge >= 0.3 is 0 Å². The van der Waals surface area contributed by atoms with Crippen molar-refractivity contribution < 1.29 is 9.47 Å². The molecule has 0 spiro atoms. The Morgan fingerprint density at radius 3 is 1.61 bits per heavy atom. The summed E-state index contributed by atoms with van der Waals surface area (Å²) in [5.74, 6) is 3.57. The van der Waals surface area contributed by atoms with E-state index in [0.717, 1.165) is 61.6 Å². The Bertz CT molecular complexity index is 1980. The molecular weight excluding hydrogens is 499 g/mol. The molecular formula is C38H27BO2. The first-order valence-corrected chi connectivity index (χ1v) is 14.1. The van der Waals surface area contributed by atoms with Gasteiger partial charge < -0.3 is 9.47 Å². The van der Waals surface area contributed by atoms with E-state index in [9.17, 15) is 0 Å². The Balaban J connectivity index is 1.44. The number of fused-ring (bicyclic) bond motifs is 4. The van der Waals surface area contributed by atoms with Crippen LogP contribution < -0.4 is 25.9 Å². The second-order valence-electron chi connectivity index (χ2n) is 10.9. The van der Waals surface area contributed by atoms with Gasteiger partial charge in [-0.15, -0.1) is 0 Å². The highest BCUT2D eigenvalue weighted by Gasteiger charge is 2.42. The van der Waals surface area contributed by atoms with Gasteiger partial charge in [-0.3, -0.25) is 0 Å². The van der Waals surface area contributed by atoms with Crippen LogP contribution in [0.5, 0.6) is 23.0 Å². The molecule has 2 nitrogen and oxygen atoms in total. The fourth-order valence-corrected chi connectivity index (χ4v) is 6.56. The van der Waals surface area contributed by atoms with Crippen molar-refractivity contribution in [1.82, 2.24) is 0 Å². The molecule has 0 aliphatic carbocycles. The quantitative estimate of drug-likeness (QED) is 0.217. The van der Waals surface area contributed by atoms with Crippen LogP contribution in [0.25, 0.3) is 33.4 Å². The average molecular weight is 526 g/mol. The Kier molecular flexibility index (Phi) is 5.40.